The highest BCUT2D eigenvalue weighted by Crippen LogP contribution is 2.36. The summed E-state index contributed by atoms with van der Waals surface area (Å²) in [6, 6.07) is 0. The maximum atomic E-state index is 9.06. The van der Waals surface area contributed by atoms with E-state index in [0.29, 0.717) is 44.2 Å². The van der Waals surface area contributed by atoms with Gasteiger partial charge in [-0.1, -0.05) is 61.8 Å². The molecule has 0 aromatic carbocycles. The van der Waals surface area contributed by atoms with Crippen LogP contribution in [0.5, 0.6) is 0 Å². The summed E-state index contributed by atoms with van der Waals surface area (Å²) in [4.78, 5) is 0. The molecule has 0 amide bonds. The molecule has 12 heteroatoms. The molecule has 4 saturated heterocycles. The van der Waals surface area contributed by atoms with E-state index >= 15 is 0 Å². The second-order valence-electron chi connectivity index (χ2n) is 15.5. The van der Waals surface area contributed by atoms with Gasteiger partial charge in [-0.25, -0.2) is 0 Å². The van der Waals surface area contributed by atoms with Crippen molar-refractivity contribution in [2.75, 3.05) is 52.9 Å². The van der Waals surface area contributed by atoms with Crippen LogP contribution in [0.3, 0.4) is 0 Å². The number of aliphatic hydroxyl groups is 4. The number of hydrogen-bond donors (Lipinski definition) is 4. The molecular formula is C37H74O12. The highest BCUT2D eigenvalue weighted by atomic mass is 16.8. The summed E-state index contributed by atoms with van der Waals surface area (Å²) in [5.41, 5.74) is 0. The minimum Gasteiger partial charge on any atom is -0.394 e. The first-order valence-corrected chi connectivity index (χ1v) is 18.6. The molecule has 4 rings (SSSR count). The molecule has 0 radical (unpaired) electrons. The van der Waals surface area contributed by atoms with Crippen molar-refractivity contribution in [3.63, 3.8) is 0 Å². The van der Waals surface area contributed by atoms with E-state index in [0.717, 1.165) is 44.9 Å². The fraction of sp³-hybridized carbons (Fsp3) is 1.00. The Kier molecular flexibility index (Phi) is 21.4. The molecule has 0 aromatic heterocycles. The molecule has 4 heterocycles. The highest BCUT2D eigenvalue weighted by Gasteiger charge is 2.42. The first kappa shape index (κ1) is 46.5. The van der Waals surface area contributed by atoms with Gasteiger partial charge >= 0.3 is 0 Å². The molecule has 0 bridgehead atoms. The first-order chi connectivity index (χ1) is 22.9. The van der Waals surface area contributed by atoms with E-state index < -0.39 is 23.1 Å². The Morgan fingerprint density at radius 1 is 0.531 bits per heavy atom. The van der Waals surface area contributed by atoms with Gasteiger partial charge in [0, 0.05) is 25.7 Å². The van der Waals surface area contributed by atoms with Crippen molar-refractivity contribution in [2.45, 2.75) is 169 Å². The first-order valence-electron chi connectivity index (χ1n) is 18.6. The van der Waals surface area contributed by atoms with Gasteiger partial charge in [0.15, 0.2) is 23.1 Å². The van der Waals surface area contributed by atoms with Crippen molar-refractivity contribution in [3.8, 4) is 0 Å². The molecule has 12 nitrogen and oxygen atoms in total. The predicted molar refractivity (Wildman–Crippen MR) is 188 cm³/mol. The van der Waals surface area contributed by atoms with Gasteiger partial charge in [0.1, 0.15) is 24.4 Å². The summed E-state index contributed by atoms with van der Waals surface area (Å²) < 4.78 is 44.3. The minimum atomic E-state index is -0.493. The van der Waals surface area contributed by atoms with Gasteiger partial charge in [0.2, 0.25) is 0 Å². The molecule has 6 unspecified atom stereocenters. The Balaban J connectivity index is 0.000000331. The van der Waals surface area contributed by atoms with Crippen LogP contribution in [0.25, 0.3) is 0 Å². The molecule has 4 aliphatic rings. The van der Waals surface area contributed by atoms with Gasteiger partial charge in [-0.15, -0.1) is 0 Å². The van der Waals surface area contributed by atoms with E-state index in [-0.39, 0.29) is 50.8 Å². The quantitative estimate of drug-likeness (QED) is 0.188. The molecule has 0 aromatic rings. The number of aliphatic hydroxyl groups excluding tert-OH is 4. The average Bonchev–Trinajstić information content (AvgIpc) is 3.81. The van der Waals surface area contributed by atoms with Crippen molar-refractivity contribution >= 4 is 0 Å². The van der Waals surface area contributed by atoms with Crippen molar-refractivity contribution in [1.29, 1.82) is 0 Å². The van der Waals surface area contributed by atoms with Crippen LogP contribution in [0.4, 0.5) is 0 Å². The van der Waals surface area contributed by atoms with Gasteiger partial charge in [-0.2, -0.15) is 0 Å². The van der Waals surface area contributed by atoms with Crippen LogP contribution in [0, 0.1) is 17.8 Å². The van der Waals surface area contributed by atoms with Crippen LogP contribution in [0.2, 0.25) is 0 Å². The fourth-order valence-corrected chi connectivity index (χ4v) is 6.38. The monoisotopic (exact) mass is 711 g/mol. The van der Waals surface area contributed by atoms with Crippen LogP contribution in [-0.2, 0) is 37.9 Å². The molecule has 0 aliphatic carbocycles. The van der Waals surface area contributed by atoms with E-state index in [2.05, 4.69) is 55.4 Å². The van der Waals surface area contributed by atoms with Crippen LogP contribution in [-0.4, -0.2) is 121 Å². The Morgan fingerprint density at radius 2 is 0.939 bits per heavy atom. The molecule has 294 valence electrons. The summed E-state index contributed by atoms with van der Waals surface area (Å²) in [7, 11) is 0. The Hall–Kier alpha value is -0.480. The van der Waals surface area contributed by atoms with E-state index in [1.165, 1.54) is 0 Å². The summed E-state index contributed by atoms with van der Waals surface area (Å²) in [6.45, 7) is 25.0. The Morgan fingerprint density at radius 3 is 1.29 bits per heavy atom. The van der Waals surface area contributed by atoms with E-state index in [1.54, 1.807) is 0 Å². The van der Waals surface area contributed by atoms with Gasteiger partial charge in [0.25, 0.3) is 0 Å². The minimum absolute atomic E-state index is 0.0451. The largest absolute Gasteiger partial charge is 0.394 e. The summed E-state index contributed by atoms with van der Waals surface area (Å²) >= 11 is 0. The highest BCUT2D eigenvalue weighted by molar-refractivity contribution is 4.81. The Labute approximate surface area is 297 Å². The number of unbranched alkanes of at least 4 members (excludes halogenated alkanes) is 1. The fourth-order valence-electron chi connectivity index (χ4n) is 6.38. The lowest BCUT2D eigenvalue weighted by Gasteiger charge is -2.31. The normalized spacial score (nSPS) is 31.7. The molecule has 4 N–H and O–H groups in total. The van der Waals surface area contributed by atoms with E-state index in [9.17, 15) is 0 Å². The van der Waals surface area contributed by atoms with E-state index in [4.69, 9.17) is 58.3 Å². The van der Waals surface area contributed by atoms with Crippen LogP contribution in [0.15, 0.2) is 0 Å². The Bertz CT molecular complexity index is 845. The maximum Gasteiger partial charge on any atom is 0.169 e. The third kappa shape index (κ3) is 17.7. The van der Waals surface area contributed by atoms with Gasteiger partial charge in [-0.3, -0.25) is 0 Å². The lowest BCUT2D eigenvalue weighted by molar-refractivity contribution is -0.191. The molecular weight excluding hydrogens is 636 g/mol. The zero-order valence-corrected chi connectivity index (χ0v) is 32.7. The van der Waals surface area contributed by atoms with Crippen molar-refractivity contribution in [3.05, 3.63) is 0 Å². The number of hydrogen-bond acceptors (Lipinski definition) is 12. The van der Waals surface area contributed by atoms with Gasteiger partial charge in [-0.05, 0) is 51.4 Å². The standard InChI is InChI=1S/C12H24O3.C10H20O3.C9H18O3.C6H12O3/c1-9(2)5-12(6-10(3)4)14-8-11(7-13)15-12;1-3-5-6-10(4-2)12-8-9(7-11)13-10;1-7(2)4-9(3)11-6-8(5-10)12-9;1-6(2)8-4-5(3-7)9-6/h9-11,13H,5-8H2,1-4H3;9,11H,3-8H2,1-2H3;7-8,10H,4-6H2,1-3H3;5,7H,3-4H2,1-2H3. The van der Waals surface area contributed by atoms with Crippen LogP contribution >= 0.6 is 0 Å². The van der Waals surface area contributed by atoms with Crippen LogP contribution < -0.4 is 0 Å². The smallest absolute Gasteiger partial charge is 0.169 e. The molecule has 49 heavy (non-hydrogen) atoms. The van der Waals surface area contributed by atoms with E-state index in [1.807, 2.05) is 20.8 Å². The molecule has 6 atom stereocenters. The lowest BCUT2D eigenvalue weighted by Crippen LogP contribution is -2.34. The number of ether oxygens (including phenoxy) is 8. The second-order valence-corrected chi connectivity index (χ2v) is 15.5. The average molecular weight is 711 g/mol. The molecule has 4 aliphatic heterocycles. The second kappa shape index (κ2) is 22.6. The van der Waals surface area contributed by atoms with Gasteiger partial charge in [0.05, 0.1) is 52.9 Å². The summed E-state index contributed by atoms with van der Waals surface area (Å²) in [6.07, 6.45) is 6.25. The number of rotatable bonds is 14. The van der Waals surface area contributed by atoms with Crippen LogP contribution in [0.1, 0.15) is 121 Å². The third-order valence-corrected chi connectivity index (χ3v) is 8.37. The third-order valence-electron chi connectivity index (χ3n) is 8.37. The van der Waals surface area contributed by atoms with Crippen molar-refractivity contribution < 1.29 is 58.3 Å². The molecule has 4 fully saturated rings. The van der Waals surface area contributed by atoms with Crippen molar-refractivity contribution in [1.82, 2.24) is 0 Å². The summed E-state index contributed by atoms with van der Waals surface area (Å²) in [5.74, 6) is -0.177. The SMILES string of the molecule is CC(C)CC1(C)OCC(CO)O1.CC(C)CC1(CC(C)C)OCC(CO)O1.CC1(C)OCC(CO)O1.CCCCC1(CC)OCC(CO)O1. The summed E-state index contributed by atoms with van der Waals surface area (Å²) in [5, 5.41) is 35.4. The predicted octanol–water partition coefficient (Wildman–Crippen LogP) is 5.16. The zero-order valence-electron chi connectivity index (χ0n) is 32.7. The van der Waals surface area contributed by atoms with Gasteiger partial charge < -0.3 is 58.3 Å². The maximum absolute atomic E-state index is 9.06. The lowest BCUT2D eigenvalue weighted by atomic mass is 9.94. The topological polar surface area (TPSA) is 155 Å². The zero-order chi connectivity index (χ0) is 37.3. The molecule has 0 saturated carbocycles. The molecule has 0 spiro atoms. The van der Waals surface area contributed by atoms with Crippen molar-refractivity contribution in [2.24, 2.45) is 17.8 Å².